The molecule has 2 heterocycles. The first kappa shape index (κ1) is 13.3. The van der Waals surface area contributed by atoms with Gasteiger partial charge >= 0.3 is 0 Å². The molecule has 17 heavy (non-hydrogen) atoms. The van der Waals surface area contributed by atoms with Crippen molar-refractivity contribution in [3.8, 4) is 0 Å². The third-order valence-electron chi connectivity index (χ3n) is 2.78. The summed E-state index contributed by atoms with van der Waals surface area (Å²) < 4.78 is 1.22. The van der Waals surface area contributed by atoms with Crippen molar-refractivity contribution in [1.29, 1.82) is 0 Å². The summed E-state index contributed by atoms with van der Waals surface area (Å²) in [4.78, 5) is 2.73. The second kappa shape index (κ2) is 5.65. The predicted molar refractivity (Wildman–Crippen MR) is 81.3 cm³/mol. The van der Waals surface area contributed by atoms with Crippen molar-refractivity contribution >= 4 is 38.6 Å². The van der Waals surface area contributed by atoms with Gasteiger partial charge in [-0.05, 0) is 64.3 Å². The predicted octanol–water partition coefficient (Wildman–Crippen LogP) is 4.89. The number of thiophene rings is 2. The van der Waals surface area contributed by atoms with Crippen molar-refractivity contribution in [2.45, 2.75) is 26.8 Å². The highest BCUT2D eigenvalue weighted by Crippen LogP contribution is 2.35. The van der Waals surface area contributed by atoms with Crippen molar-refractivity contribution in [3.63, 3.8) is 0 Å². The van der Waals surface area contributed by atoms with E-state index in [0.29, 0.717) is 6.04 Å². The van der Waals surface area contributed by atoms with E-state index >= 15 is 0 Å². The number of aryl methyl sites for hydroxylation is 2. The van der Waals surface area contributed by atoms with Crippen molar-refractivity contribution in [3.05, 3.63) is 42.2 Å². The molecule has 0 amide bonds. The van der Waals surface area contributed by atoms with Gasteiger partial charge in [-0.25, -0.2) is 0 Å². The number of hydrogen-bond acceptors (Lipinski definition) is 3. The van der Waals surface area contributed by atoms with Crippen LogP contribution in [-0.4, -0.2) is 6.54 Å². The molecule has 1 N–H and O–H groups in total. The molecular weight excluding hydrogens is 314 g/mol. The molecule has 2 aromatic rings. The molecule has 0 aromatic carbocycles. The van der Waals surface area contributed by atoms with E-state index in [-0.39, 0.29) is 0 Å². The van der Waals surface area contributed by atoms with Crippen LogP contribution in [0.25, 0.3) is 0 Å². The third-order valence-corrected chi connectivity index (χ3v) is 5.86. The monoisotopic (exact) mass is 329 g/mol. The van der Waals surface area contributed by atoms with Crippen LogP contribution >= 0.6 is 38.6 Å². The van der Waals surface area contributed by atoms with Crippen LogP contribution in [0.15, 0.2) is 21.3 Å². The molecule has 1 atom stereocenters. The number of hydrogen-bond donors (Lipinski definition) is 1. The quantitative estimate of drug-likeness (QED) is 0.842. The topological polar surface area (TPSA) is 12.0 Å². The lowest BCUT2D eigenvalue weighted by Crippen LogP contribution is -2.21. The fourth-order valence-electron chi connectivity index (χ4n) is 1.86. The Morgan fingerprint density at radius 3 is 2.59 bits per heavy atom. The van der Waals surface area contributed by atoms with E-state index in [1.807, 2.05) is 11.3 Å². The maximum absolute atomic E-state index is 3.60. The van der Waals surface area contributed by atoms with Gasteiger partial charge in [0.2, 0.25) is 0 Å². The molecule has 0 aliphatic rings. The summed E-state index contributed by atoms with van der Waals surface area (Å²) in [5.41, 5.74) is 2.79. The molecule has 2 aromatic heterocycles. The van der Waals surface area contributed by atoms with Gasteiger partial charge in [-0.1, -0.05) is 6.92 Å². The van der Waals surface area contributed by atoms with Crippen LogP contribution in [0.3, 0.4) is 0 Å². The van der Waals surface area contributed by atoms with E-state index in [0.717, 1.165) is 6.54 Å². The fraction of sp³-hybridized carbons (Fsp3) is 0.385. The Balaban J connectivity index is 2.39. The highest BCUT2D eigenvalue weighted by Gasteiger charge is 2.18. The summed E-state index contributed by atoms with van der Waals surface area (Å²) >= 11 is 7.25. The van der Waals surface area contributed by atoms with Crippen molar-refractivity contribution < 1.29 is 0 Å². The summed E-state index contributed by atoms with van der Waals surface area (Å²) in [5, 5.41) is 8.05. The second-order valence-electron chi connectivity index (χ2n) is 4.05. The second-order valence-corrected chi connectivity index (χ2v) is 6.94. The van der Waals surface area contributed by atoms with Crippen LogP contribution in [0.1, 0.15) is 33.8 Å². The van der Waals surface area contributed by atoms with E-state index < -0.39 is 0 Å². The van der Waals surface area contributed by atoms with Gasteiger partial charge in [-0.3, -0.25) is 0 Å². The van der Waals surface area contributed by atoms with Crippen LogP contribution in [0.2, 0.25) is 0 Å². The minimum Gasteiger partial charge on any atom is -0.306 e. The van der Waals surface area contributed by atoms with Gasteiger partial charge in [0, 0.05) is 14.2 Å². The minimum absolute atomic E-state index is 0.334. The van der Waals surface area contributed by atoms with E-state index in [2.05, 4.69) is 58.8 Å². The summed E-state index contributed by atoms with van der Waals surface area (Å²) in [5.74, 6) is 0. The van der Waals surface area contributed by atoms with Gasteiger partial charge in [0.1, 0.15) is 0 Å². The van der Waals surface area contributed by atoms with Gasteiger partial charge in [-0.15, -0.1) is 11.3 Å². The Kier molecular flexibility index (Phi) is 4.42. The summed E-state index contributed by atoms with van der Waals surface area (Å²) in [6.45, 7) is 7.48. The van der Waals surface area contributed by atoms with E-state index in [1.54, 1.807) is 11.3 Å². The fourth-order valence-corrected chi connectivity index (χ4v) is 4.39. The number of halogens is 1. The Morgan fingerprint density at radius 1 is 1.35 bits per heavy atom. The molecule has 0 fully saturated rings. The van der Waals surface area contributed by atoms with Gasteiger partial charge in [-0.2, -0.15) is 11.3 Å². The zero-order chi connectivity index (χ0) is 12.4. The van der Waals surface area contributed by atoms with Crippen LogP contribution in [0.4, 0.5) is 0 Å². The third kappa shape index (κ3) is 2.81. The van der Waals surface area contributed by atoms with Crippen LogP contribution in [-0.2, 0) is 0 Å². The molecule has 1 nitrogen and oxygen atoms in total. The zero-order valence-corrected chi connectivity index (χ0v) is 13.4. The Labute approximate surface area is 119 Å². The Hall–Kier alpha value is -0.160. The first-order chi connectivity index (χ1) is 8.13. The Bertz CT molecular complexity index is 482. The average Bonchev–Trinajstić information content (AvgIpc) is 2.83. The molecule has 1 unspecified atom stereocenters. The van der Waals surface area contributed by atoms with E-state index in [1.165, 1.54) is 25.4 Å². The van der Waals surface area contributed by atoms with Gasteiger partial charge in [0.25, 0.3) is 0 Å². The Morgan fingerprint density at radius 2 is 2.12 bits per heavy atom. The molecule has 0 saturated heterocycles. The molecule has 92 valence electrons. The molecule has 0 spiro atoms. The van der Waals surface area contributed by atoms with Crippen LogP contribution < -0.4 is 5.32 Å². The standard InChI is InChI=1S/C13H16BrNS2/c1-4-15-13(10-7-16-6-8(10)2)12-5-11(14)9(3)17-12/h5-7,13,15H,4H2,1-3H3. The molecule has 0 radical (unpaired) electrons. The SMILES string of the molecule is CCNC(c1cc(Br)c(C)s1)c1cscc1C. The van der Waals surface area contributed by atoms with Gasteiger partial charge in [0.05, 0.1) is 6.04 Å². The minimum atomic E-state index is 0.334. The highest BCUT2D eigenvalue weighted by molar-refractivity contribution is 9.10. The van der Waals surface area contributed by atoms with Crippen molar-refractivity contribution in [2.24, 2.45) is 0 Å². The lowest BCUT2D eigenvalue weighted by Gasteiger charge is -2.16. The first-order valence-corrected chi connectivity index (χ1v) is 8.20. The van der Waals surface area contributed by atoms with Crippen LogP contribution in [0, 0.1) is 13.8 Å². The summed E-state index contributed by atoms with van der Waals surface area (Å²) in [6.07, 6.45) is 0. The zero-order valence-electron chi connectivity index (χ0n) is 10.2. The van der Waals surface area contributed by atoms with Gasteiger partial charge < -0.3 is 5.32 Å². The molecule has 2 rings (SSSR count). The molecule has 4 heteroatoms. The summed E-state index contributed by atoms with van der Waals surface area (Å²) in [7, 11) is 0. The highest BCUT2D eigenvalue weighted by atomic mass is 79.9. The maximum atomic E-state index is 3.60. The van der Waals surface area contributed by atoms with E-state index in [9.17, 15) is 0 Å². The smallest absolute Gasteiger partial charge is 0.0682 e. The molecular formula is C13H16BrNS2. The lowest BCUT2D eigenvalue weighted by atomic mass is 10.1. The largest absolute Gasteiger partial charge is 0.306 e. The first-order valence-electron chi connectivity index (χ1n) is 5.65. The maximum Gasteiger partial charge on any atom is 0.0682 e. The summed E-state index contributed by atoms with van der Waals surface area (Å²) in [6, 6.07) is 2.58. The average molecular weight is 330 g/mol. The van der Waals surface area contributed by atoms with Crippen molar-refractivity contribution in [2.75, 3.05) is 6.54 Å². The molecule has 0 aliphatic heterocycles. The van der Waals surface area contributed by atoms with E-state index in [4.69, 9.17) is 0 Å². The molecule has 0 aliphatic carbocycles. The molecule has 0 saturated carbocycles. The van der Waals surface area contributed by atoms with Crippen molar-refractivity contribution in [1.82, 2.24) is 5.32 Å². The lowest BCUT2D eigenvalue weighted by molar-refractivity contribution is 0.638. The molecule has 0 bridgehead atoms. The van der Waals surface area contributed by atoms with Gasteiger partial charge in [0.15, 0.2) is 0 Å². The number of nitrogens with one attached hydrogen (secondary N) is 1. The number of rotatable bonds is 4. The normalized spacial score (nSPS) is 12.9. The van der Waals surface area contributed by atoms with Crippen LogP contribution in [0.5, 0.6) is 0 Å².